The van der Waals surface area contributed by atoms with Crippen LogP contribution in [-0.2, 0) is 0 Å². The van der Waals surface area contributed by atoms with Crippen molar-refractivity contribution in [1.82, 2.24) is 4.98 Å². The number of nitriles is 1. The minimum Gasteiger partial charge on any atom is -0.379 e. The summed E-state index contributed by atoms with van der Waals surface area (Å²) < 4.78 is 0. The highest BCUT2D eigenvalue weighted by Gasteiger charge is 1.95. The van der Waals surface area contributed by atoms with Gasteiger partial charge in [0.15, 0.2) is 5.01 Å². The molecule has 1 aromatic heterocycles. The van der Waals surface area contributed by atoms with E-state index in [0.717, 1.165) is 5.00 Å². The van der Waals surface area contributed by atoms with Crippen molar-refractivity contribution >= 4 is 16.3 Å². The van der Waals surface area contributed by atoms with Crippen LogP contribution in [0.15, 0.2) is 6.20 Å². The fourth-order valence-electron chi connectivity index (χ4n) is 0.441. The molecule has 0 bridgehead atoms. The lowest BCUT2D eigenvalue weighted by Gasteiger charge is -1.84. The van der Waals surface area contributed by atoms with Crippen molar-refractivity contribution < 1.29 is 0 Å². The molecule has 0 fully saturated rings. The van der Waals surface area contributed by atoms with Crippen LogP contribution in [0.4, 0.5) is 5.00 Å². The second-order valence-electron chi connectivity index (χ2n) is 1.39. The molecule has 0 aliphatic heterocycles. The van der Waals surface area contributed by atoms with Gasteiger partial charge in [0.25, 0.3) is 0 Å². The largest absolute Gasteiger partial charge is 0.379 e. The molecule has 0 saturated carbocycles. The number of anilines is 1. The Kier molecular flexibility index (Phi) is 1.66. The van der Waals surface area contributed by atoms with Gasteiger partial charge in [-0.05, 0) is 0 Å². The minimum atomic E-state index is 0.499. The normalized spacial score (nSPS) is 8.44. The van der Waals surface area contributed by atoms with E-state index in [2.05, 4.69) is 10.3 Å². The van der Waals surface area contributed by atoms with Gasteiger partial charge in [-0.3, -0.25) is 0 Å². The molecule has 4 heteroatoms. The number of aromatic nitrogens is 1. The highest BCUT2D eigenvalue weighted by atomic mass is 32.1. The zero-order chi connectivity index (χ0) is 6.69. The molecule has 0 unspecified atom stereocenters. The molecule has 0 saturated heterocycles. The summed E-state index contributed by atoms with van der Waals surface area (Å²) in [5.74, 6) is 0. The lowest BCUT2D eigenvalue weighted by Crippen LogP contribution is -1.80. The number of nitrogens with one attached hydrogen (secondary N) is 1. The first-order chi connectivity index (χ1) is 4.36. The summed E-state index contributed by atoms with van der Waals surface area (Å²) in [7, 11) is 1.80. The van der Waals surface area contributed by atoms with Gasteiger partial charge in [0.05, 0.1) is 6.20 Å². The van der Waals surface area contributed by atoms with Crippen LogP contribution in [0.5, 0.6) is 0 Å². The lowest BCUT2D eigenvalue weighted by atomic mass is 10.8. The Morgan fingerprint density at radius 1 is 1.89 bits per heavy atom. The second-order valence-corrected chi connectivity index (χ2v) is 2.42. The Hall–Kier alpha value is -1.08. The zero-order valence-electron chi connectivity index (χ0n) is 4.88. The van der Waals surface area contributed by atoms with Gasteiger partial charge in [0.1, 0.15) is 11.1 Å². The van der Waals surface area contributed by atoms with Crippen LogP contribution in [0.25, 0.3) is 0 Å². The SMILES string of the molecule is CNc1cnc(C#N)s1. The van der Waals surface area contributed by atoms with Gasteiger partial charge in [-0.2, -0.15) is 5.26 Å². The minimum absolute atomic E-state index is 0.499. The Labute approximate surface area is 57.0 Å². The molecule has 0 spiro atoms. The monoisotopic (exact) mass is 139 g/mol. The van der Waals surface area contributed by atoms with Gasteiger partial charge in [-0.25, -0.2) is 4.98 Å². The maximum absolute atomic E-state index is 8.32. The summed E-state index contributed by atoms with van der Waals surface area (Å²) >= 11 is 1.35. The van der Waals surface area contributed by atoms with Crippen molar-refractivity contribution in [2.75, 3.05) is 12.4 Å². The van der Waals surface area contributed by atoms with Crippen molar-refractivity contribution in [2.45, 2.75) is 0 Å². The van der Waals surface area contributed by atoms with E-state index in [1.165, 1.54) is 11.3 Å². The Balaban J connectivity index is 2.90. The van der Waals surface area contributed by atoms with Crippen molar-refractivity contribution in [2.24, 2.45) is 0 Å². The van der Waals surface area contributed by atoms with E-state index in [9.17, 15) is 0 Å². The summed E-state index contributed by atoms with van der Waals surface area (Å²) in [5.41, 5.74) is 0. The maximum atomic E-state index is 8.32. The molecule has 0 atom stereocenters. The van der Waals surface area contributed by atoms with Crippen LogP contribution in [0.2, 0.25) is 0 Å². The van der Waals surface area contributed by atoms with E-state index in [1.807, 2.05) is 6.07 Å². The second kappa shape index (κ2) is 2.46. The predicted octanol–water partition coefficient (Wildman–Crippen LogP) is 1.06. The molecular weight excluding hydrogens is 134 g/mol. The van der Waals surface area contributed by atoms with Gasteiger partial charge in [0, 0.05) is 7.05 Å². The predicted molar refractivity (Wildman–Crippen MR) is 36.4 cm³/mol. The molecule has 1 aromatic rings. The third-order valence-corrected chi connectivity index (χ3v) is 1.77. The first-order valence-corrected chi connectivity index (χ1v) is 3.22. The van der Waals surface area contributed by atoms with E-state index in [0.29, 0.717) is 5.01 Å². The van der Waals surface area contributed by atoms with E-state index in [1.54, 1.807) is 13.2 Å². The van der Waals surface area contributed by atoms with Crippen LogP contribution in [0.1, 0.15) is 5.01 Å². The molecule has 0 aliphatic rings. The molecule has 0 radical (unpaired) electrons. The number of thiazole rings is 1. The van der Waals surface area contributed by atoms with E-state index in [-0.39, 0.29) is 0 Å². The molecule has 0 aromatic carbocycles. The fourth-order valence-corrected chi connectivity index (χ4v) is 1.01. The summed E-state index contributed by atoms with van der Waals surface area (Å²) in [6.45, 7) is 0. The molecule has 0 aliphatic carbocycles. The first-order valence-electron chi connectivity index (χ1n) is 2.40. The van der Waals surface area contributed by atoms with Gasteiger partial charge >= 0.3 is 0 Å². The van der Waals surface area contributed by atoms with E-state index in [4.69, 9.17) is 5.26 Å². The smallest absolute Gasteiger partial charge is 0.196 e. The van der Waals surface area contributed by atoms with Crippen molar-refractivity contribution in [3.8, 4) is 6.07 Å². The number of nitrogens with zero attached hydrogens (tertiary/aromatic N) is 2. The number of rotatable bonds is 1. The van der Waals surface area contributed by atoms with Crippen LogP contribution >= 0.6 is 11.3 Å². The van der Waals surface area contributed by atoms with E-state index < -0.39 is 0 Å². The summed E-state index contributed by atoms with van der Waals surface area (Å²) in [4.78, 5) is 3.80. The average molecular weight is 139 g/mol. The Bertz CT molecular complexity index is 235. The maximum Gasteiger partial charge on any atom is 0.196 e. The van der Waals surface area contributed by atoms with Crippen LogP contribution in [-0.4, -0.2) is 12.0 Å². The fraction of sp³-hybridized carbons (Fsp3) is 0.200. The molecule has 9 heavy (non-hydrogen) atoms. The van der Waals surface area contributed by atoms with Gasteiger partial charge < -0.3 is 5.32 Å². The average Bonchev–Trinajstić information content (AvgIpc) is 2.34. The first kappa shape index (κ1) is 6.05. The third-order valence-electron chi connectivity index (χ3n) is 0.848. The Morgan fingerprint density at radius 2 is 2.67 bits per heavy atom. The molecular formula is C5H5N3S. The summed E-state index contributed by atoms with van der Waals surface area (Å²) in [5, 5.41) is 12.6. The lowest BCUT2D eigenvalue weighted by molar-refractivity contribution is 1.35. The summed E-state index contributed by atoms with van der Waals surface area (Å²) in [6.07, 6.45) is 1.64. The van der Waals surface area contributed by atoms with Gasteiger partial charge in [-0.1, -0.05) is 11.3 Å². The highest BCUT2D eigenvalue weighted by molar-refractivity contribution is 7.16. The zero-order valence-corrected chi connectivity index (χ0v) is 5.70. The van der Waals surface area contributed by atoms with Gasteiger partial charge in [-0.15, -0.1) is 0 Å². The van der Waals surface area contributed by atoms with Crippen molar-refractivity contribution in [3.05, 3.63) is 11.2 Å². The van der Waals surface area contributed by atoms with Crippen molar-refractivity contribution in [1.29, 1.82) is 5.26 Å². The molecule has 1 rings (SSSR count). The van der Waals surface area contributed by atoms with Gasteiger partial charge in [0.2, 0.25) is 0 Å². The molecule has 46 valence electrons. The standard InChI is InChI=1S/C5H5N3S/c1-7-5-3-8-4(2-6)9-5/h3,7H,1H3. The van der Waals surface area contributed by atoms with E-state index >= 15 is 0 Å². The topological polar surface area (TPSA) is 48.7 Å². The van der Waals surface area contributed by atoms with Crippen molar-refractivity contribution in [3.63, 3.8) is 0 Å². The number of hydrogen-bond donors (Lipinski definition) is 1. The Morgan fingerprint density at radius 3 is 3.00 bits per heavy atom. The number of hydrogen-bond acceptors (Lipinski definition) is 4. The quantitative estimate of drug-likeness (QED) is 0.632. The molecule has 3 nitrogen and oxygen atoms in total. The van der Waals surface area contributed by atoms with Crippen LogP contribution in [0.3, 0.4) is 0 Å². The summed E-state index contributed by atoms with van der Waals surface area (Å²) in [6, 6.07) is 1.95. The third kappa shape index (κ3) is 1.18. The highest BCUT2D eigenvalue weighted by Crippen LogP contribution is 2.15. The molecule has 0 amide bonds. The van der Waals surface area contributed by atoms with Crippen LogP contribution < -0.4 is 5.32 Å². The molecule has 1 heterocycles. The molecule has 1 N–H and O–H groups in total. The van der Waals surface area contributed by atoms with Crippen LogP contribution in [0, 0.1) is 11.3 Å².